The molecule has 1 aromatic carbocycles. The molecular formula is C19H22N6O4. The van der Waals surface area contributed by atoms with Gasteiger partial charge < -0.3 is 19.8 Å². The van der Waals surface area contributed by atoms with Crippen molar-refractivity contribution in [1.29, 1.82) is 0 Å². The van der Waals surface area contributed by atoms with Crippen molar-refractivity contribution in [2.24, 2.45) is 0 Å². The first-order chi connectivity index (χ1) is 14.2. The number of hydrogen-bond acceptors (Lipinski definition) is 8. The number of fused-ring (bicyclic) bond motifs is 1. The molecular weight excluding hydrogens is 376 g/mol. The predicted octanol–water partition coefficient (Wildman–Crippen LogP) is 3.23. The first kappa shape index (κ1) is 20.2. The van der Waals surface area contributed by atoms with E-state index in [1.165, 1.54) is 18.5 Å². The van der Waals surface area contributed by atoms with Crippen LogP contribution in [0.3, 0.4) is 0 Å². The van der Waals surface area contributed by atoms with Gasteiger partial charge in [0.25, 0.3) is 5.69 Å². The number of nitrogens with zero attached hydrogens (tertiary/aromatic N) is 4. The van der Waals surface area contributed by atoms with Gasteiger partial charge in [-0.2, -0.15) is 9.97 Å². The lowest BCUT2D eigenvalue weighted by molar-refractivity contribution is -0.384. The number of imidazole rings is 1. The minimum Gasteiger partial charge on any atom is -0.471 e. The van der Waals surface area contributed by atoms with Crippen molar-refractivity contribution in [2.75, 3.05) is 18.5 Å². The number of non-ortho nitro benzene ring substituents is 1. The summed E-state index contributed by atoms with van der Waals surface area (Å²) >= 11 is 0. The summed E-state index contributed by atoms with van der Waals surface area (Å²) in [4.78, 5) is 26.2. The zero-order valence-electron chi connectivity index (χ0n) is 15.8. The fourth-order valence-corrected chi connectivity index (χ4v) is 2.89. The van der Waals surface area contributed by atoms with Gasteiger partial charge in [-0.1, -0.05) is 0 Å². The quantitative estimate of drug-likeness (QED) is 0.368. The lowest BCUT2D eigenvalue weighted by atomic mass is 10.1. The van der Waals surface area contributed by atoms with Crippen LogP contribution in [0.1, 0.15) is 18.4 Å². The van der Waals surface area contributed by atoms with Gasteiger partial charge in [0.1, 0.15) is 18.5 Å². The molecule has 1 saturated heterocycles. The SMILES string of the molecule is C=C.O=[N+]([O-])c1ccc(COc2ncnc3nc(NC4CCOCC4)[nH]c23)cc1. The zero-order chi connectivity index (χ0) is 20.6. The fraction of sp³-hybridized carbons (Fsp3) is 0.316. The molecule has 2 N–H and O–H groups in total. The molecule has 152 valence electrons. The molecule has 0 saturated carbocycles. The van der Waals surface area contributed by atoms with Crippen LogP contribution in [0.5, 0.6) is 5.88 Å². The van der Waals surface area contributed by atoms with Crippen LogP contribution in [0.15, 0.2) is 43.8 Å². The number of benzene rings is 1. The number of nitrogens with one attached hydrogen (secondary N) is 2. The molecule has 1 fully saturated rings. The summed E-state index contributed by atoms with van der Waals surface area (Å²) in [6.45, 7) is 7.70. The van der Waals surface area contributed by atoms with Crippen LogP contribution in [-0.2, 0) is 11.3 Å². The first-order valence-corrected chi connectivity index (χ1v) is 9.10. The Morgan fingerprint density at radius 3 is 2.66 bits per heavy atom. The van der Waals surface area contributed by atoms with Gasteiger partial charge in [0.15, 0.2) is 5.65 Å². The van der Waals surface area contributed by atoms with Crippen molar-refractivity contribution in [2.45, 2.75) is 25.5 Å². The van der Waals surface area contributed by atoms with E-state index in [0.717, 1.165) is 31.6 Å². The molecule has 1 aliphatic heterocycles. The van der Waals surface area contributed by atoms with Crippen LogP contribution in [0, 0.1) is 10.1 Å². The number of rotatable bonds is 6. The number of H-pyrrole nitrogens is 1. The van der Waals surface area contributed by atoms with Crippen molar-refractivity contribution in [1.82, 2.24) is 19.9 Å². The molecule has 10 heteroatoms. The molecule has 1 aliphatic rings. The predicted molar refractivity (Wildman–Crippen MR) is 108 cm³/mol. The van der Waals surface area contributed by atoms with Crippen LogP contribution >= 0.6 is 0 Å². The van der Waals surface area contributed by atoms with Gasteiger partial charge in [-0.15, -0.1) is 13.2 Å². The third kappa shape index (κ3) is 5.05. The highest BCUT2D eigenvalue weighted by Gasteiger charge is 2.17. The minimum absolute atomic E-state index is 0.0422. The second-order valence-corrected chi connectivity index (χ2v) is 6.21. The van der Waals surface area contributed by atoms with E-state index < -0.39 is 4.92 Å². The Bertz CT molecular complexity index is 953. The number of nitro benzene ring substituents is 1. The van der Waals surface area contributed by atoms with Gasteiger partial charge >= 0.3 is 0 Å². The largest absolute Gasteiger partial charge is 0.471 e. The Kier molecular flexibility index (Phi) is 6.69. The monoisotopic (exact) mass is 398 g/mol. The lowest BCUT2D eigenvalue weighted by Crippen LogP contribution is -2.28. The molecule has 3 aromatic rings. The van der Waals surface area contributed by atoms with Crippen LogP contribution in [-0.4, -0.2) is 44.1 Å². The summed E-state index contributed by atoms with van der Waals surface area (Å²) in [7, 11) is 0. The van der Waals surface area contributed by atoms with Gasteiger partial charge in [0, 0.05) is 31.4 Å². The molecule has 3 heterocycles. The van der Waals surface area contributed by atoms with E-state index in [1.807, 2.05) is 0 Å². The van der Waals surface area contributed by atoms with E-state index in [2.05, 4.69) is 38.4 Å². The Hall–Kier alpha value is -3.53. The first-order valence-electron chi connectivity index (χ1n) is 9.10. The second kappa shape index (κ2) is 9.60. The third-order valence-corrected chi connectivity index (χ3v) is 4.34. The molecule has 2 aromatic heterocycles. The Morgan fingerprint density at radius 2 is 1.97 bits per heavy atom. The molecule has 0 unspecified atom stereocenters. The molecule has 4 rings (SSSR count). The Labute approximate surface area is 167 Å². The number of aromatic nitrogens is 4. The summed E-state index contributed by atoms with van der Waals surface area (Å²) in [5, 5.41) is 14.1. The highest BCUT2D eigenvalue weighted by Crippen LogP contribution is 2.23. The Morgan fingerprint density at radius 1 is 1.24 bits per heavy atom. The van der Waals surface area contributed by atoms with E-state index in [1.54, 1.807) is 12.1 Å². The molecule has 10 nitrogen and oxygen atoms in total. The van der Waals surface area contributed by atoms with E-state index in [0.29, 0.717) is 29.0 Å². The fourth-order valence-electron chi connectivity index (χ4n) is 2.89. The number of ether oxygens (including phenoxy) is 2. The molecule has 29 heavy (non-hydrogen) atoms. The maximum Gasteiger partial charge on any atom is 0.269 e. The Balaban J connectivity index is 0.00000117. The standard InChI is InChI=1S/C17H18N6O4.C2H4/c24-23(25)13-3-1-11(2-4-13)9-27-16-14-15(18-10-19-16)22-17(21-14)20-12-5-7-26-8-6-12;1-2/h1-4,10,12H,5-9H2,(H2,18,19,20,21,22);1-2H2. The van der Waals surface area contributed by atoms with Crippen LogP contribution in [0.25, 0.3) is 11.2 Å². The van der Waals surface area contributed by atoms with Gasteiger partial charge in [0.2, 0.25) is 11.8 Å². The van der Waals surface area contributed by atoms with Crippen molar-refractivity contribution < 1.29 is 14.4 Å². The highest BCUT2D eigenvalue weighted by atomic mass is 16.6. The smallest absolute Gasteiger partial charge is 0.269 e. The number of aromatic amines is 1. The van der Waals surface area contributed by atoms with Crippen LogP contribution in [0.4, 0.5) is 11.6 Å². The topological polar surface area (TPSA) is 128 Å². The highest BCUT2D eigenvalue weighted by molar-refractivity contribution is 5.78. The van der Waals surface area contributed by atoms with Gasteiger partial charge in [-0.25, -0.2) is 4.98 Å². The minimum atomic E-state index is -0.434. The summed E-state index contributed by atoms with van der Waals surface area (Å²) in [5.41, 5.74) is 1.96. The van der Waals surface area contributed by atoms with E-state index >= 15 is 0 Å². The maximum atomic E-state index is 10.7. The van der Waals surface area contributed by atoms with Crippen molar-refractivity contribution in [3.8, 4) is 5.88 Å². The van der Waals surface area contributed by atoms with Crippen molar-refractivity contribution >= 4 is 22.8 Å². The van der Waals surface area contributed by atoms with E-state index in [-0.39, 0.29) is 12.3 Å². The average molecular weight is 398 g/mol. The van der Waals surface area contributed by atoms with Gasteiger partial charge in [-0.05, 0) is 30.5 Å². The molecule has 0 amide bonds. The number of anilines is 1. The summed E-state index contributed by atoms with van der Waals surface area (Å²) < 4.78 is 11.1. The van der Waals surface area contributed by atoms with Crippen molar-refractivity contribution in [3.63, 3.8) is 0 Å². The molecule has 0 radical (unpaired) electrons. The molecule has 0 bridgehead atoms. The zero-order valence-corrected chi connectivity index (χ0v) is 15.8. The number of nitro groups is 1. The average Bonchev–Trinajstić information content (AvgIpc) is 3.17. The normalized spacial score (nSPS) is 14.1. The third-order valence-electron chi connectivity index (χ3n) is 4.34. The second-order valence-electron chi connectivity index (χ2n) is 6.21. The summed E-state index contributed by atoms with van der Waals surface area (Å²) in [5.74, 6) is 1.00. The maximum absolute atomic E-state index is 10.7. The van der Waals surface area contributed by atoms with Crippen LogP contribution in [0.2, 0.25) is 0 Å². The molecule has 0 aliphatic carbocycles. The van der Waals surface area contributed by atoms with Gasteiger partial charge in [0.05, 0.1) is 4.92 Å². The molecule has 0 atom stereocenters. The number of hydrogen-bond donors (Lipinski definition) is 2. The lowest BCUT2D eigenvalue weighted by Gasteiger charge is -2.22. The van der Waals surface area contributed by atoms with Crippen molar-refractivity contribution in [3.05, 3.63) is 59.4 Å². The summed E-state index contributed by atoms with van der Waals surface area (Å²) in [6, 6.07) is 6.50. The summed E-state index contributed by atoms with van der Waals surface area (Å²) in [6.07, 6.45) is 3.24. The van der Waals surface area contributed by atoms with Gasteiger partial charge in [-0.3, -0.25) is 10.1 Å². The van der Waals surface area contributed by atoms with Crippen LogP contribution < -0.4 is 10.1 Å². The molecule has 0 spiro atoms. The van der Waals surface area contributed by atoms with E-state index in [4.69, 9.17) is 9.47 Å². The van der Waals surface area contributed by atoms with E-state index in [9.17, 15) is 10.1 Å².